The molecule has 0 aromatic carbocycles. The standard InChI is InChI=1S/C10H20N2O3.C2H6.2H2/c1-3-15-8-10(14)12-7-5-4-6-11-9(2)13;1-2;;/h3-8H2,1-2H3,(H,11,13)(H,12,14);1-2H3;2*1H. The van der Waals surface area contributed by atoms with Gasteiger partial charge in [0.1, 0.15) is 6.61 Å². The van der Waals surface area contributed by atoms with Crippen molar-refractivity contribution < 1.29 is 17.2 Å². The topological polar surface area (TPSA) is 67.4 Å². The first-order chi connectivity index (χ1) is 8.16. The van der Waals surface area contributed by atoms with E-state index in [0.717, 1.165) is 12.8 Å². The fraction of sp³-hybridized carbons (Fsp3) is 0.833. The van der Waals surface area contributed by atoms with E-state index in [1.54, 1.807) is 0 Å². The molecule has 17 heavy (non-hydrogen) atoms. The van der Waals surface area contributed by atoms with Gasteiger partial charge in [-0.15, -0.1) is 0 Å². The van der Waals surface area contributed by atoms with Gasteiger partial charge in [0.25, 0.3) is 0 Å². The Kier molecular flexibility index (Phi) is 16.0. The second kappa shape index (κ2) is 14.9. The molecule has 0 spiro atoms. The van der Waals surface area contributed by atoms with Crippen molar-refractivity contribution in [3.8, 4) is 0 Å². The lowest BCUT2D eigenvalue weighted by molar-refractivity contribution is -0.125. The van der Waals surface area contributed by atoms with Gasteiger partial charge in [-0.25, -0.2) is 0 Å². The summed E-state index contributed by atoms with van der Waals surface area (Å²) < 4.78 is 4.94. The van der Waals surface area contributed by atoms with E-state index in [9.17, 15) is 9.59 Å². The predicted octanol–water partition coefficient (Wildman–Crippen LogP) is 1.57. The summed E-state index contributed by atoms with van der Waals surface area (Å²) in [6.07, 6.45) is 1.73. The van der Waals surface area contributed by atoms with Crippen LogP contribution in [0.3, 0.4) is 0 Å². The number of hydrogen-bond donors (Lipinski definition) is 2. The number of carbonyl (C=O) groups is 2. The number of hydrogen-bond acceptors (Lipinski definition) is 3. The Morgan fingerprint density at radius 1 is 1.12 bits per heavy atom. The van der Waals surface area contributed by atoms with Crippen molar-refractivity contribution >= 4 is 11.8 Å². The number of carbonyl (C=O) groups excluding carboxylic acids is 2. The number of amides is 2. The highest BCUT2D eigenvalue weighted by Gasteiger charge is 1.98. The molecule has 0 unspecified atom stereocenters. The fourth-order valence-corrected chi connectivity index (χ4v) is 0.988. The summed E-state index contributed by atoms with van der Waals surface area (Å²) >= 11 is 0. The molecule has 0 aliphatic rings. The van der Waals surface area contributed by atoms with Gasteiger partial charge in [0.05, 0.1) is 0 Å². The van der Waals surface area contributed by atoms with Crippen LogP contribution >= 0.6 is 0 Å². The molecule has 106 valence electrons. The third-order valence-electron chi connectivity index (χ3n) is 1.74. The molecule has 0 aliphatic carbocycles. The summed E-state index contributed by atoms with van der Waals surface area (Å²) in [7, 11) is 0. The monoisotopic (exact) mass is 250 g/mol. The van der Waals surface area contributed by atoms with Crippen LogP contribution in [0.15, 0.2) is 0 Å². The predicted molar refractivity (Wildman–Crippen MR) is 73.0 cm³/mol. The fourth-order valence-electron chi connectivity index (χ4n) is 0.988. The highest BCUT2D eigenvalue weighted by atomic mass is 16.5. The van der Waals surface area contributed by atoms with E-state index in [1.165, 1.54) is 6.92 Å². The third kappa shape index (κ3) is 17.5. The molecular formula is C12H30N2O3. The first-order valence-corrected chi connectivity index (χ1v) is 6.25. The van der Waals surface area contributed by atoms with Crippen molar-refractivity contribution in [1.29, 1.82) is 0 Å². The van der Waals surface area contributed by atoms with Crippen LogP contribution in [0, 0.1) is 0 Å². The summed E-state index contributed by atoms with van der Waals surface area (Å²) in [4.78, 5) is 21.5. The van der Waals surface area contributed by atoms with Crippen LogP contribution in [0.2, 0.25) is 0 Å². The van der Waals surface area contributed by atoms with Crippen LogP contribution in [0.25, 0.3) is 0 Å². The number of ether oxygens (including phenoxy) is 1. The molecule has 0 radical (unpaired) electrons. The second-order valence-corrected chi connectivity index (χ2v) is 3.18. The van der Waals surface area contributed by atoms with Gasteiger partial charge in [-0.3, -0.25) is 9.59 Å². The summed E-state index contributed by atoms with van der Waals surface area (Å²) in [5, 5.41) is 5.42. The molecular weight excluding hydrogens is 220 g/mol. The molecule has 0 heterocycles. The van der Waals surface area contributed by atoms with Crippen LogP contribution in [-0.2, 0) is 14.3 Å². The first kappa shape index (κ1) is 18.3. The maximum Gasteiger partial charge on any atom is 0.245 e. The Balaban J connectivity index is -0.000000267. The third-order valence-corrected chi connectivity index (χ3v) is 1.74. The van der Waals surface area contributed by atoms with E-state index in [0.29, 0.717) is 19.7 Å². The summed E-state index contributed by atoms with van der Waals surface area (Å²) in [5.41, 5.74) is 0. The maximum atomic E-state index is 11.0. The molecule has 0 aromatic rings. The van der Waals surface area contributed by atoms with Crippen LogP contribution in [0.5, 0.6) is 0 Å². The Morgan fingerprint density at radius 3 is 2.12 bits per heavy atom. The Morgan fingerprint density at radius 2 is 1.65 bits per heavy atom. The molecule has 0 saturated heterocycles. The first-order valence-electron chi connectivity index (χ1n) is 6.25. The van der Waals surface area contributed by atoms with Gasteiger partial charge < -0.3 is 15.4 Å². The van der Waals surface area contributed by atoms with Crippen LogP contribution in [0.4, 0.5) is 0 Å². The SMILES string of the molecule is CC.CCOCC(=O)NCCCCNC(C)=O.[HH].[HH]. The van der Waals surface area contributed by atoms with Crippen molar-refractivity contribution in [2.75, 3.05) is 26.3 Å². The maximum absolute atomic E-state index is 11.0. The van der Waals surface area contributed by atoms with Crippen molar-refractivity contribution in [3.05, 3.63) is 0 Å². The van der Waals surface area contributed by atoms with Crippen molar-refractivity contribution in [3.63, 3.8) is 0 Å². The van der Waals surface area contributed by atoms with Crippen molar-refractivity contribution in [1.82, 2.24) is 10.6 Å². The normalized spacial score (nSPS) is 8.94. The lowest BCUT2D eigenvalue weighted by atomic mass is 10.3. The van der Waals surface area contributed by atoms with Gasteiger partial charge >= 0.3 is 0 Å². The average molecular weight is 250 g/mol. The molecule has 2 amide bonds. The van der Waals surface area contributed by atoms with Gasteiger partial charge in [-0.05, 0) is 19.8 Å². The summed E-state index contributed by atoms with van der Waals surface area (Å²) in [6, 6.07) is 0. The molecule has 2 N–H and O–H groups in total. The smallest absolute Gasteiger partial charge is 0.245 e. The zero-order chi connectivity index (χ0) is 13.5. The molecule has 0 fully saturated rings. The highest BCUT2D eigenvalue weighted by Crippen LogP contribution is 1.85. The highest BCUT2D eigenvalue weighted by molar-refractivity contribution is 5.77. The number of unbranched alkanes of at least 4 members (excludes halogenated alkanes) is 1. The number of nitrogens with one attached hydrogen (secondary N) is 2. The summed E-state index contributed by atoms with van der Waals surface area (Å²) in [6.45, 7) is 9.31. The average Bonchev–Trinajstić information content (AvgIpc) is 2.33. The molecule has 0 atom stereocenters. The van der Waals surface area contributed by atoms with E-state index >= 15 is 0 Å². The van der Waals surface area contributed by atoms with Crippen molar-refractivity contribution in [2.45, 2.75) is 40.5 Å². The largest absolute Gasteiger partial charge is 0.372 e. The molecule has 5 heteroatoms. The van der Waals surface area contributed by atoms with Crippen LogP contribution in [-0.4, -0.2) is 38.1 Å². The Hall–Kier alpha value is -1.10. The molecule has 0 saturated carbocycles. The minimum Gasteiger partial charge on any atom is -0.372 e. The summed E-state index contributed by atoms with van der Waals surface area (Å²) in [5.74, 6) is -0.105. The van der Waals surface area contributed by atoms with Crippen LogP contribution in [0.1, 0.15) is 43.4 Å². The van der Waals surface area contributed by atoms with Crippen molar-refractivity contribution in [2.24, 2.45) is 0 Å². The minimum atomic E-state index is -0.0867. The zero-order valence-corrected chi connectivity index (χ0v) is 11.5. The lowest BCUT2D eigenvalue weighted by Crippen LogP contribution is -2.29. The van der Waals surface area contributed by atoms with E-state index in [4.69, 9.17) is 4.74 Å². The Labute approximate surface area is 107 Å². The van der Waals surface area contributed by atoms with Gasteiger partial charge in [0.15, 0.2) is 0 Å². The Bertz CT molecular complexity index is 205. The van der Waals surface area contributed by atoms with Gasteiger partial charge in [0.2, 0.25) is 11.8 Å². The van der Waals surface area contributed by atoms with E-state index in [2.05, 4.69) is 10.6 Å². The van der Waals surface area contributed by atoms with E-state index < -0.39 is 0 Å². The zero-order valence-electron chi connectivity index (χ0n) is 11.5. The number of rotatable bonds is 8. The van der Waals surface area contributed by atoms with E-state index in [1.807, 2.05) is 20.8 Å². The van der Waals surface area contributed by atoms with Gasteiger partial charge in [-0.2, -0.15) is 0 Å². The second-order valence-electron chi connectivity index (χ2n) is 3.18. The molecule has 0 aromatic heterocycles. The van der Waals surface area contributed by atoms with Crippen LogP contribution < -0.4 is 10.6 Å². The quantitative estimate of drug-likeness (QED) is 0.643. The van der Waals surface area contributed by atoms with Gasteiger partial charge in [-0.1, -0.05) is 13.8 Å². The molecule has 5 nitrogen and oxygen atoms in total. The molecule has 0 bridgehead atoms. The van der Waals surface area contributed by atoms with Gasteiger partial charge in [0, 0.05) is 29.5 Å². The van der Waals surface area contributed by atoms with E-state index in [-0.39, 0.29) is 21.3 Å². The molecule has 0 rings (SSSR count). The molecule has 0 aliphatic heterocycles. The lowest BCUT2D eigenvalue weighted by Gasteiger charge is -2.05. The minimum absolute atomic E-state index is 0.